The third-order valence-electron chi connectivity index (χ3n) is 5.32. The van der Waals surface area contributed by atoms with Gasteiger partial charge in [-0.3, -0.25) is 0 Å². The van der Waals surface area contributed by atoms with E-state index in [9.17, 15) is 9.59 Å². The molecule has 0 radical (unpaired) electrons. The van der Waals surface area contributed by atoms with E-state index >= 15 is 0 Å². The summed E-state index contributed by atoms with van der Waals surface area (Å²) in [6.45, 7) is 2.16. The van der Waals surface area contributed by atoms with Gasteiger partial charge in [0.05, 0.1) is 33.5 Å². The number of nitrogens with zero attached hydrogens (tertiary/aromatic N) is 1. The highest BCUT2D eigenvalue weighted by atomic mass is 16.6. The molecule has 3 aromatic rings. The van der Waals surface area contributed by atoms with Gasteiger partial charge in [-0.05, 0) is 55.0 Å². The van der Waals surface area contributed by atoms with Gasteiger partial charge >= 0.3 is 11.9 Å². The van der Waals surface area contributed by atoms with E-state index in [1.807, 2.05) is 13.0 Å². The van der Waals surface area contributed by atoms with Crippen molar-refractivity contribution < 1.29 is 38.0 Å². The Hall–Kier alpha value is -4.79. The number of carbonyl (C=O) groups excluding carboxylic acids is 2. The van der Waals surface area contributed by atoms with E-state index in [0.717, 1.165) is 0 Å². The predicted octanol–water partition coefficient (Wildman–Crippen LogP) is 4.67. The van der Waals surface area contributed by atoms with Crippen molar-refractivity contribution in [3.63, 3.8) is 0 Å². The molecule has 0 N–H and O–H groups in total. The molecule has 0 spiro atoms. The number of rotatable bonds is 9. The van der Waals surface area contributed by atoms with E-state index < -0.39 is 11.9 Å². The maximum absolute atomic E-state index is 12.6. The van der Waals surface area contributed by atoms with Crippen LogP contribution >= 0.6 is 0 Å². The molecule has 37 heavy (non-hydrogen) atoms. The molecule has 3 aromatic carbocycles. The fraction of sp³-hybridized carbons (Fsp3) is 0.179. The van der Waals surface area contributed by atoms with E-state index in [-0.39, 0.29) is 17.3 Å². The second-order valence-electron chi connectivity index (χ2n) is 7.64. The summed E-state index contributed by atoms with van der Waals surface area (Å²) < 4.78 is 32.7. The Morgan fingerprint density at radius 2 is 1.59 bits per heavy atom. The molecule has 9 nitrogen and oxygen atoms in total. The Morgan fingerprint density at radius 1 is 0.892 bits per heavy atom. The van der Waals surface area contributed by atoms with E-state index in [1.165, 1.54) is 21.3 Å². The van der Waals surface area contributed by atoms with Crippen LogP contribution in [0.1, 0.15) is 28.4 Å². The smallest absolute Gasteiger partial charge is 0.363 e. The highest BCUT2D eigenvalue weighted by molar-refractivity contribution is 6.13. The average Bonchev–Trinajstić information content (AvgIpc) is 3.29. The van der Waals surface area contributed by atoms with Crippen LogP contribution in [0.3, 0.4) is 0 Å². The number of benzene rings is 3. The maximum atomic E-state index is 12.6. The largest absolute Gasteiger partial charge is 0.493 e. The number of cyclic esters (lactones) is 1. The summed E-state index contributed by atoms with van der Waals surface area (Å²) in [6.07, 6.45) is 1.55. The normalized spacial score (nSPS) is 13.6. The van der Waals surface area contributed by atoms with Gasteiger partial charge < -0.3 is 28.4 Å². The van der Waals surface area contributed by atoms with Crippen LogP contribution in [-0.2, 0) is 9.53 Å². The lowest BCUT2D eigenvalue weighted by atomic mass is 10.1. The van der Waals surface area contributed by atoms with Crippen LogP contribution in [0.25, 0.3) is 6.08 Å². The number of carbonyl (C=O) groups is 2. The van der Waals surface area contributed by atoms with E-state index in [4.69, 9.17) is 28.4 Å². The third-order valence-corrected chi connectivity index (χ3v) is 5.32. The molecule has 4 rings (SSSR count). The minimum absolute atomic E-state index is 0.0835. The molecule has 0 bridgehead atoms. The number of ether oxygens (including phenoxy) is 6. The van der Waals surface area contributed by atoms with Crippen LogP contribution in [0.4, 0.5) is 0 Å². The topological polar surface area (TPSA) is 102 Å². The highest BCUT2D eigenvalue weighted by Gasteiger charge is 2.27. The SMILES string of the molecule is CCOc1cc(/C=C2/N=C(c3cc(OC)c(OC)c(OC)c3)OC2=O)ccc1OC(=O)c1ccccc1. The zero-order valence-electron chi connectivity index (χ0n) is 20.8. The Morgan fingerprint density at radius 3 is 2.22 bits per heavy atom. The lowest BCUT2D eigenvalue weighted by Gasteiger charge is -2.13. The van der Waals surface area contributed by atoms with Crippen molar-refractivity contribution in [3.8, 4) is 28.7 Å². The number of esters is 2. The van der Waals surface area contributed by atoms with Crippen molar-refractivity contribution in [2.45, 2.75) is 6.92 Å². The summed E-state index contributed by atoms with van der Waals surface area (Å²) in [5.41, 5.74) is 1.58. The van der Waals surface area contributed by atoms with Crippen molar-refractivity contribution in [2.75, 3.05) is 27.9 Å². The van der Waals surface area contributed by atoms with Gasteiger partial charge in [0, 0.05) is 5.56 Å². The minimum Gasteiger partial charge on any atom is -0.493 e. The molecule has 1 aliphatic rings. The highest BCUT2D eigenvalue weighted by Crippen LogP contribution is 2.39. The maximum Gasteiger partial charge on any atom is 0.363 e. The van der Waals surface area contributed by atoms with Gasteiger partial charge in [0.2, 0.25) is 11.6 Å². The van der Waals surface area contributed by atoms with Gasteiger partial charge in [0.25, 0.3) is 0 Å². The Bertz CT molecular complexity index is 1350. The van der Waals surface area contributed by atoms with Gasteiger partial charge in [0.1, 0.15) is 0 Å². The molecule has 1 aliphatic heterocycles. The van der Waals surface area contributed by atoms with Gasteiger partial charge in [-0.1, -0.05) is 24.3 Å². The summed E-state index contributed by atoms with van der Waals surface area (Å²) in [7, 11) is 4.48. The van der Waals surface area contributed by atoms with Crippen molar-refractivity contribution in [2.24, 2.45) is 4.99 Å². The molecule has 0 saturated carbocycles. The summed E-state index contributed by atoms with van der Waals surface area (Å²) in [6, 6.07) is 16.9. The van der Waals surface area contributed by atoms with Crippen molar-refractivity contribution in [1.29, 1.82) is 0 Å². The first-order valence-corrected chi connectivity index (χ1v) is 11.3. The quantitative estimate of drug-likeness (QED) is 0.236. The first-order chi connectivity index (χ1) is 18.0. The molecular formula is C28H25NO8. The van der Waals surface area contributed by atoms with Crippen LogP contribution in [0, 0.1) is 0 Å². The summed E-state index contributed by atoms with van der Waals surface area (Å²) in [5.74, 6) is 0.771. The summed E-state index contributed by atoms with van der Waals surface area (Å²) in [5, 5.41) is 0. The summed E-state index contributed by atoms with van der Waals surface area (Å²) >= 11 is 0. The molecule has 0 fully saturated rings. The van der Waals surface area contributed by atoms with Crippen LogP contribution in [0.5, 0.6) is 28.7 Å². The van der Waals surface area contributed by atoms with Crippen LogP contribution < -0.4 is 23.7 Å². The lowest BCUT2D eigenvalue weighted by Crippen LogP contribution is -2.09. The van der Waals surface area contributed by atoms with Crippen LogP contribution in [0.15, 0.2) is 71.4 Å². The Balaban J connectivity index is 1.63. The first-order valence-electron chi connectivity index (χ1n) is 11.3. The number of methoxy groups -OCH3 is 3. The number of aliphatic imine (C=N–C) groups is 1. The molecule has 0 amide bonds. The fourth-order valence-electron chi connectivity index (χ4n) is 3.60. The van der Waals surface area contributed by atoms with E-state index in [1.54, 1.807) is 60.7 Å². The molecule has 190 valence electrons. The molecule has 1 heterocycles. The van der Waals surface area contributed by atoms with Gasteiger partial charge in [-0.2, -0.15) is 0 Å². The molecule has 0 atom stereocenters. The predicted molar refractivity (Wildman–Crippen MR) is 136 cm³/mol. The molecule has 0 aromatic heterocycles. The molecule has 0 saturated heterocycles. The van der Waals surface area contributed by atoms with Crippen LogP contribution in [0.2, 0.25) is 0 Å². The molecular weight excluding hydrogens is 478 g/mol. The summed E-state index contributed by atoms with van der Waals surface area (Å²) in [4.78, 5) is 29.4. The third kappa shape index (κ3) is 5.56. The molecule has 9 heteroatoms. The van der Waals surface area contributed by atoms with Crippen molar-refractivity contribution in [3.05, 3.63) is 83.1 Å². The second-order valence-corrected chi connectivity index (χ2v) is 7.64. The number of hydrogen-bond acceptors (Lipinski definition) is 9. The van der Waals surface area contributed by atoms with Gasteiger partial charge in [-0.15, -0.1) is 0 Å². The number of hydrogen-bond donors (Lipinski definition) is 0. The van der Waals surface area contributed by atoms with Gasteiger partial charge in [0.15, 0.2) is 28.7 Å². The zero-order chi connectivity index (χ0) is 26.4. The monoisotopic (exact) mass is 503 g/mol. The average molecular weight is 504 g/mol. The second kappa shape index (κ2) is 11.3. The molecule has 0 aliphatic carbocycles. The van der Waals surface area contributed by atoms with Crippen molar-refractivity contribution in [1.82, 2.24) is 0 Å². The Kier molecular flexibility index (Phi) is 7.73. The Labute approximate surface area is 213 Å². The van der Waals surface area contributed by atoms with Gasteiger partial charge in [-0.25, -0.2) is 14.6 Å². The lowest BCUT2D eigenvalue weighted by molar-refractivity contribution is -0.129. The zero-order valence-corrected chi connectivity index (χ0v) is 20.8. The van der Waals surface area contributed by atoms with E-state index in [0.29, 0.717) is 46.3 Å². The molecule has 0 unspecified atom stereocenters. The van der Waals surface area contributed by atoms with E-state index in [2.05, 4.69) is 4.99 Å². The standard InChI is InChI=1S/C28H25NO8/c1-5-35-22-14-17(11-12-21(22)36-27(30)18-9-7-6-8-10-18)13-20-28(31)37-26(29-20)19-15-23(32-2)25(34-4)24(16-19)33-3/h6-16H,5H2,1-4H3/b20-13+. The minimum atomic E-state index is -0.624. The van der Waals surface area contributed by atoms with Crippen LogP contribution in [-0.4, -0.2) is 45.8 Å². The van der Waals surface area contributed by atoms with Crippen molar-refractivity contribution >= 4 is 23.9 Å². The fourth-order valence-corrected chi connectivity index (χ4v) is 3.60. The first kappa shape index (κ1) is 25.3.